The van der Waals surface area contributed by atoms with Crippen LogP contribution in [0, 0.1) is 0 Å². The summed E-state index contributed by atoms with van der Waals surface area (Å²) in [6, 6.07) is 18.1. The molecule has 1 aliphatic rings. The van der Waals surface area contributed by atoms with Gasteiger partial charge >= 0.3 is 0 Å². The second-order valence-electron chi connectivity index (χ2n) is 5.03. The smallest absolute Gasteiger partial charge is 0.266 e. The van der Waals surface area contributed by atoms with Gasteiger partial charge in [0.1, 0.15) is 4.32 Å². The van der Waals surface area contributed by atoms with Gasteiger partial charge in [0.15, 0.2) is 0 Å². The van der Waals surface area contributed by atoms with Crippen LogP contribution in [0.1, 0.15) is 11.1 Å². The normalized spacial score (nSPS) is 16.4. The van der Waals surface area contributed by atoms with Gasteiger partial charge in [-0.05, 0) is 35.6 Å². The zero-order chi connectivity index (χ0) is 16.2. The lowest BCUT2D eigenvalue weighted by Crippen LogP contribution is -2.27. The highest BCUT2D eigenvalue weighted by Gasteiger charge is 2.31. The number of benzene rings is 2. The molecule has 1 amide bonds. The highest BCUT2D eigenvalue weighted by Crippen LogP contribution is 2.33. The first-order chi connectivity index (χ1) is 11.2. The first-order valence-corrected chi connectivity index (χ1v) is 9.55. The molecule has 0 spiro atoms. The summed E-state index contributed by atoms with van der Waals surface area (Å²) in [6.07, 6.45) is 3.96. The summed E-state index contributed by atoms with van der Waals surface area (Å²) in [7, 11) is 0. The zero-order valence-electron chi connectivity index (χ0n) is 12.6. The SMILES string of the molecule is CSc1ccc(C=C2SC(=S)N(Cc3ccccc3)C2=O)cc1. The van der Waals surface area contributed by atoms with E-state index < -0.39 is 0 Å². The van der Waals surface area contributed by atoms with E-state index in [4.69, 9.17) is 12.2 Å². The molecule has 3 rings (SSSR count). The van der Waals surface area contributed by atoms with Crippen molar-refractivity contribution in [3.63, 3.8) is 0 Å². The lowest BCUT2D eigenvalue weighted by Gasteiger charge is -2.14. The second kappa shape index (κ2) is 7.34. The number of nitrogens with zero attached hydrogens (tertiary/aromatic N) is 1. The summed E-state index contributed by atoms with van der Waals surface area (Å²) in [4.78, 5) is 16.1. The molecule has 0 aliphatic carbocycles. The molecule has 5 heteroatoms. The Kier molecular flexibility index (Phi) is 5.20. The summed E-state index contributed by atoms with van der Waals surface area (Å²) >= 11 is 8.44. The van der Waals surface area contributed by atoms with Gasteiger partial charge in [0.25, 0.3) is 5.91 Å². The van der Waals surface area contributed by atoms with Gasteiger partial charge in [-0.2, -0.15) is 0 Å². The third kappa shape index (κ3) is 3.86. The molecule has 0 atom stereocenters. The Balaban J connectivity index is 1.78. The average Bonchev–Trinajstić information content (AvgIpc) is 2.84. The van der Waals surface area contributed by atoms with Crippen LogP contribution in [0.5, 0.6) is 0 Å². The van der Waals surface area contributed by atoms with E-state index in [1.165, 1.54) is 16.7 Å². The number of carbonyl (C=O) groups is 1. The van der Waals surface area contributed by atoms with Crippen molar-refractivity contribution < 1.29 is 4.79 Å². The van der Waals surface area contributed by atoms with Gasteiger partial charge in [-0.3, -0.25) is 9.69 Å². The number of thiocarbonyl (C=S) groups is 1. The predicted molar refractivity (Wildman–Crippen MR) is 103 cm³/mol. The molecule has 2 aromatic rings. The summed E-state index contributed by atoms with van der Waals surface area (Å²) in [5, 5.41) is 0. The van der Waals surface area contributed by atoms with Crippen molar-refractivity contribution >= 4 is 52.0 Å². The highest BCUT2D eigenvalue weighted by molar-refractivity contribution is 8.26. The van der Waals surface area contributed by atoms with E-state index in [2.05, 4.69) is 12.1 Å². The molecular weight excluding hydrogens is 342 g/mol. The summed E-state index contributed by atoms with van der Waals surface area (Å²) in [5.41, 5.74) is 2.09. The second-order valence-corrected chi connectivity index (χ2v) is 7.58. The van der Waals surface area contributed by atoms with Crippen molar-refractivity contribution in [2.24, 2.45) is 0 Å². The van der Waals surface area contributed by atoms with Crippen molar-refractivity contribution in [2.45, 2.75) is 11.4 Å². The topological polar surface area (TPSA) is 20.3 Å². The Hall–Kier alpha value is -1.56. The van der Waals surface area contributed by atoms with E-state index in [0.29, 0.717) is 15.8 Å². The molecule has 0 unspecified atom stereocenters. The van der Waals surface area contributed by atoms with E-state index in [0.717, 1.165) is 11.1 Å². The van der Waals surface area contributed by atoms with Gasteiger partial charge in [-0.25, -0.2) is 0 Å². The number of rotatable bonds is 4. The average molecular weight is 358 g/mol. The van der Waals surface area contributed by atoms with Crippen molar-refractivity contribution in [2.75, 3.05) is 6.26 Å². The zero-order valence-corrected chi connectivity index (χ0v) is 15.0. The minimum Gasteiger partial charge on any atom is -0.288 e. The van der Waals surface area contributed by atoms with E-state index in [-0.39, 0.29) is 5.91 Å². The minimum atomic E-state index is -0.0159. The van der Waals surface area contributed by atoms with Crippen molar-refractivity contribution in [1.82, 2.24) is 4.90 Å². The van der Waals surface area contributed by atoms with E-state index in [1.807, 2.05) is 54.8 Å². The fraction of sp³-hybridized carbons (Fsp3) is 0.111. The molecule has 1 saturated heterocycles. The summed E-state index contributed by atoms with van der Waals surface area (Å²) in [5.74, 6) is -0.0159. The largest absolute Gasteiger partial charge is 0.288 e. The van der Waals surface area contributed by atoms with Crippen LogP contribution in [-0.4, -0.2) is 21.4 Å². The molecule has 0 bridgehead atoms. The molecule has 0 radical (unpaired) electrons. The van der Waals surface area contributed by atoms with Crippen LogP contribution >= 0.6 is 35.7 Å². The summed E-state index contributed by atoms with van der Waals surface area (Å²) in [6.45, 7) is 0.522. The molecule has 2 nitrogen and oxygen atoms in total. The number of carbonyl (C=O) groups excluding carboxylic acids is 1. The Bertz CT molecular complexity index is 754. The molecule has 1 fully saturated rings. The van der Waals surface area contributed by atoms with Gasteiger partial charge in [-0.1, -0.05) is 66.4 Å². The number of thioether (sulfide) groups is 2. The maximum atomic E-state index is 12.6. The number of amides is 1. The van der Waals surface area contributed by atoms with Gasteiger partial charge in [0, 0.05) is 4.90 Å². The van der Waals surface area contributed by atoms with Gasteiger partial charge in [0.05, 0.1) is 11.4 Å². The number of hydrogen-bond donors (Lipinski definition) is 0. The van der Waals surface area contributed by atoms with E-state index in [1.54, 1.807) is 16.7 Å². The van der Waals surface area contributed by atoms with Gasteiger partial charge in [-0.15, -0.1) is 11.8 Å². The lowest BCUT2D eigenvalue weighted by atomic mass is 10.2. The van der Waals surface area contributed by atoms with E-state index >= 15 is 0 Å². The molecule has 0 N–H and O–H groups in total. The van der Waals surface area contributed by atoms with Crippen molar-refractivity contribution in [3.8, 4) is 0 Å². The van der Waals surface area contributed by atoms with Crippen LogP contribution in [0.3, 0.4) is 0 Å². The molecule has 2 aromatic carbocycles. The summed E-state index contributed by atoms with van der Waals surface area (Å²) < 4.78 is 0.617. The first kappa shape index (κ1) is 16.3. The fourth-order valence-electron chi connectivity index (χ4n) is 2.25. The molecule has 1 heterocycles. The molecule has 23 heavy (non-hydrogen) atoms. The van der Waals surface area contributed by atoms with Crippen molar-refractivity contribution in [1.29, 1.82) is 0 Å². The van der Waals surface area contributed by atoms with Gasteiger partial charge < -0.3 is 0 Å². The van der Waals surface area contributed by atoms with E-state index in [9.17, 15) is 4.79 Å². The third-order valence-corrected chi connectivity index (χ3v) is 5.59. The first-order valence-electron chi connectivity index (χ1n) is 7.11. The molecule has 1 aliphatic heterocycles. The highest BCUT2D eigenvalue weighted by atomic mass is 32.2. The maximum Gasteiger partial charge on any atom is 0.266 e. The molecule has 0 saturated carbocycles. The molecular formula is C18H15NOS3. The van der Waals surface area contributed by atoms with Crippen LogP contribution in [0.15, 0.2) is 64.4 Å². The van der Waals surface area contributed by atoms with Crippen LogP contribution in [0.4, 0.5) is 0 Å². The fourth-order valence-corrected chi connectivity index (χ4v) is 3.92. The quantitative estimate of drug-likeness (QED) is 0.444. The van der Waals surface area contributed by atoms with Gasteiger partial charge in [0.2, 0.25) is 0 Å². The standard InChI is InChI=1S/C18H15NOS3/c1-22-15-9-7-13(8-10-15)11-16-17(20)19(18(21)23-16)12-14-5-3-2-4-6-14/h2-11H,12H2,1H3. The predicted octanol–water partition coefficient (Wildman–Crippen LogP) is 4.81. The Morgan fingerprint density at radius 1 is 1.13 bits per heavy atom. The molecule has 0 aromatic heterocycles. The Morgan fingerprint density at radius 3 is 2.48 bits per heavy atom. The number of hydrogen-bond acceptors (Lipinski definition) is 4. The van der Waals surface area contributed by atoms with Crippen molar-refractivity contribution in [3.05, 3.63) is 70.6 Å². The van der Waals surface area contributed by atoms with Crippen LogP contribution in [0.25, 0.3) is 6.08 Å². The Morgan fingerprint density at radius 2 is 1.83 bits per heavy atom. The Labute approximate surface area is 150 Å². The monoisotopic (exact) mass is 357 g/mol. The van der Waals surface area contributed by atoms with Crippen LogP contribution in [0.2, 0.25) is 0 Å². The lowest BCUT2D eigenvalue weighted by molar-refractivity contribution is -0.122. The molecule has 116 valence electrons. The van der Waals surface area contributed by atoms with Crippen LogP contribution < -0.4 is 0 Å². The maximum absolute atomic E-state index is 12.6. The van der Waals surface area contributed by atoms with Crippen LogP contribution in [-0.2, 0) is 11.3 Å². The third-order valence-electron chi connectivity index (χ3n) is 3.47. The minimum absolute atomic E-state index is 0.0159.